The Morgan fingerprint density at radius 3 is 1.12 bits per heavy atom. The lowest BCUT2D eigenvalue weighted by atomic mass is 9.91. The lowest BCUT2D eigenvalue weighted by Gasteiger charge is -2.17. The SMILES string of the molecule is CC1=NCC(C2CC2)=C1c1cc(-c2c(C)noc2C)cc2[nH]c(C3CC3)nc12.Cc1cccc(C)c1-c1cc(-c2c(C)noc2C)cc2[nH]c(C3CC3)nc12.Cc1noc(C)c1-c1cc(-n2c(C)cc3ccccc32)c2nc(C3CC3)[nH]c2c1.Cc1noc(C)c1-c1cc(-n2ccc3c2CCCC3)c2nc(C3CC3)[nH]c2c1.Cc1noc(C)c1-c1cc(-n2cccc2C)c2nc(C3CC3)[nH]c2c1. The van der Waals surface area contributed by atoms with Gasteiger partial charge in [-0.2, -0.15) is 0 Å². The van der Waals surface area contributed by atoms with Crippen LogP contribution in [-0.2, 0) is 12.8 Å². The predicted molar refractivity (Wildman–Crippen MR) is 539 cm³/mol. The number of hydrogen-bond acceptors (Lipinski definition) is 16. The highest BCUT2D eigenvalue weighted by Gasteiger charge is 2.38. The summed E-state index contributed by atoms with van der Waals surface area (Å²) in [6.45, 7) is 31.5. The van der Waals surface area contributed by atoms with Crippen molar-refractivity contribution in [3.05, 3.63) is 271 Å². The van der Waals surface area contributed by atoms with Gasteiger partial charge in [0.25, 0.3) is 0 Å². The average Bonchev–Trinajstić information content (AvgIpc) is 1.91. The zero-order valence-corrected chi connectivity index (χ0v) is 80.6. The number of aromatic amines is 5. The average molecular weight is 1820 g/mol. The highest BCUT2D eigenvalue weighted by atomic mass is 16.5. The first kappa shape index (κ1) is 85.4. The molecule has 6 fully saturated rings. The second-order valence-electron chi connectivity index (χ2n) is 39.9. The molecule has 7 aromatic carbocycles. The van der Waals surface area contributed by atoms with Gasteiger partial charge in [0.1, 0.15) is 74.5 Å². The number of nitrogens with zero attached hydrogens (tertiary/aromatic N) is 14. The Morgan fingerprint density at radius 1 is 0.321 bits per heavy atom. The molecule has 28 rings (SSSR count). The zero-order chi connectivity index (χ0) is 93.4. The van der Waals surface area contributed by atoms with E-state index in [4.69, 9.17) is 52.5 Å². The molecular formula is C113H113N19O5. The number of aromatic nitrogens is 18. The Bertz CT molecular complexity index is 8170. The molecule has 0 bridgehead atoms. The minimum Gasteiger partial charge on any atom is -0.361 e. The number of imidazole rings is 5. The quantitative estimate of drug-likeness (QED) is 0.0601. The molecule has 6 saturated carbocycles. The fraction of sp³-hybridized carbons (Fsp3) is 0.336. The Morgan fingerprint density at radius 2 is 0.701 bits per heavy atom. The molecule has 0 saturated heterocycles. The van der Waals surface area contributed by atoms with Crippen molar-refractivity contribution in [3.63, 3.8) is 0 Å². The Balaban J connectivity index is 0.0000000935. The van der Waals surface area contributed by atoms with Crippen molar-refractivity contribution in [1.82, 2.24) is 89.3 Å². The van der Waals surface area contributed by atoms with Crippen LogP contribution >= 0.6 is 0 Å². The Hall–Kier alpha value is -14.6. The van der Waals surface area contributed by atoms with Crippen molar-refractivity contribution in [1.29, 1.82) is 0 Å². The van der Waals surface area contributed by atoms with E-state index >= 15 is 0 Å². The summed E-state index contributed by atoms with van der Waals surface area (Å²) in [6, 6.07) is 45.9. The van der Waals surface area contributed by atoms with E-state index in [1.54, 1.807) is 0 Å². The molecule has 0 spiro atoms. The lowest BCUT2D eigenvalue weighted by molar-refractivity contribution is 0.393. The first-order valence-corrected chi connectivity index (χ1v) is 49.1. The third-order valence-corrected chi connectivity index (χ3v) is 29.5. The summed E-state index contributed by atoms with van der Waals surface area (Å²) in [5, 5.41) is 22.0. The van der Waals surface area contributed by atoms with Gasteiger partial charge in [-0.15, -0.1) is 0 Å². The number of allylic oxidation sites excluding steroid dienone is 1. The van der Waals surface area contributed by atoms with Crippen molar-refractivity contribution in [3.8, 4) is 83.8 Å². The van der Waals surface area contributed by atoms with Crippen LogP contribution in [0.15, 0.2) is 173 Å². The van der Waals surface area contributed by atoms with E-state index in [2.05, 4.69) is 239 Å². The van der Waals surface area contributed by atoms with E-state index in [9.17, 15) is 0 Å². The maximum Gasteiger partial charge on any atom is 0.141 e. The third kappa shape index (κ3) is 15.7. The normalized spacial score (nSPS) is 15.9. The summed E-state index contributed by atoms with van der Waals surface area (Å²) in [6.07, 6.45) is 24.1. The van der Waals surface area contributed by atoms with Crippen LogP contribution in [0, 0.1) is 103 Å². The van der Waals surface area contributed by atoms with Gasteiger partial charge in [0.15, 0.2) is 0 Å². The number of benzene rings is 7. The summed E-state index contributed by atoms with van der Waals surface area (Å²) in [4.78, 5) is 47.8. The van der Waals surface area contributed by atoms with Crippen molar-refractivity contribution in [2.24, 2.45) is 10.9 Å². The van der Waals surface area contributed by atoms with Gasteiger partial charge in [-0.05, 0) is 359 Å². The minimum atomic E-state index is 0.570. The van der Waals surface area contributed by atoms with E-state index < -0.39 is 0 Å². The minimum absolute atomic E-state index is 0.570. The van der Waals surface area contributed by atoms with Gasteiger partial charge in [-0.3, -0.25) is 4.99 Å². The van der Waals surface area contributed by atoms with Gasteiger partial charge in [0.2, 0.25) is 0 Å². The molecule has 1 aliphatic heterocycles. The Labute approximate surface area is 793 Å². The lowest BCUT2D eigenvalue weighted by Crippen LogP contribution is -2.07. The molecule has 20 aromatic rings. The monoisotopic (exact) mass is 1820 g/mol. The van der Waals surface area contributed by atoms with Crippen LogP contribution in [0.2, 0.25) is 0 Å². The molecule has 24 heteroatoms. The fourth-order valence-corrected chi connectivity index (χ4v) is 21.7. The molecule has 0 atom stereocenters. The van der Waals surface area contributed by atoms with Crippen molar-refractivity contribution < 1.29 is 22.6 Å². The maximum atomic E-state index is 5.46. The molecule has 0 amide bonds. The van der Waals surface area contributed by atoms with Crippen LogP contribution in [0.5, 0.6) is 0 Å². The van der Waals surface area contributed by atoms with Crippen LogP contribution in [0.25, 0.3) is 155 Å². The molecule has 0 unspecified atom stereocenters. The smallest absolute Gasteiger partial charge is 0.141 e. The molecule has 24 nitrogen and oxygen atoms in total. The maximum absolute atomic E-state index is 5.46. The van der Waals surface area contributed by atoms with Crippen LogP contribution in [0.1, 0.15) is 252 Å². The van der Waals surface area contributed by atoms with Gasteiger partial charge in [-0.1, -0.05) is 62.2 Å². The van der Waals surface area contributed by atoms with E-state index in [0.717, 1.165) is 227 Å². The number of aliphatic imine (C=N–C) groups is 1. The standard InChI is InChI=1S/C24H22N4O.2C23H24N4O.C23H23N3O.C20H20N4O/c1-13-10-17-6-4-5-7-20(17)28(13)21-12-18(22-14(2)27-29-15(22)3)11-19-23(21)26-24(25-19)16-8-9-16;1-11-21(18(10-24-11)14-4-5-14)17-8-16(20-12(2)27-28-13(20)3)9-19-22(17)26-23(25-19)15-6-7-15;1-13-21(14(2)28-26-13)17-11-18-22(25-23(24-18)16-7-8-16)20(12-17)27-10-9-15-5-3-4-6-19(15)27;1-12-6-5-7-13(2)20(12)18-10-17(21-14(3)26-27-15(21)4)11-19-22(18)25-23(24-19)16-8-9-16;1-11-5-4-8-24(11)17-10-15(18-12(2)23-25-13(18)3)9-16-19(17)22-20(21-16)14-6-7-14/h4-7,10-12,16H,8-9H2,1-3H3,(H,25,26);8-9,14-15H,4-7,10H2,1-3H3,(H,25,26);9-12,16H,3-8H2,1-2H3,(H,24,25);5-7,10-11,16H,8-9H2,1-4H3,(H,24,25);4-5,8-10,14H,6-7H2,1-3H3,(H,21,22). The third-order valence-electron chi connectivity index (χ3n) is 29.5. The van der Waals surface area contributed by atoms with Gasteiger partial charge < -0.3 is 61.2 Å². The molecular weight excluding hydrogens is 1700 g/mol. The van der Waals surface area contributed by atoms with Crippen molar-refractivity contribution in [2.75, 3.05) is 6.54 Å². The fourth-order valence-electron chi connectivity index (χ4n) is 21.7. The zero-order valence-electron chi connectivity index (χ0n) is 80.6. The molecule has 5 N–H and O–H groups in total. The van der Waals surface area contributed by atoms with Crippen molar-refractivity contribution in [2.45, 2.75) is 236 Å². The van der Waals surface area contributed by atoms with Crippen LogP contribution in [0.4, 0.5) is 0 Å². The predicted octanol–water partition coefficient (Wildman–Crippen LogP) is 27.5. The molecule has 13 aromatic heterocycles. The van der Waals surface area contributed by atoms with Crippen LogP contribution < -0.4 is 0 Å². The second kappa shape index (κ2) is 33.5. The van der Waals surface area contributed by atoms with Gasteiger partial charge in [0.05, 0.1) is 96.2 Å². The summed E-state index contributed by atoms with van der Waals surface area (Å²) in [7, 11) is 0. The number of nitrogens with one attached hydrogen (secondary N) is 5. The van der Waals surface area contributed by atoms with Gasteiger partial charge >= 0.3 is 0 Å². The molecule has 8 aliphatic rings. The summed E-state index contributed by atoms with van der Waals surface area (Å²) in [5.74, 6) is 13.5. The van der Waals surface area contributed by atoms with Crippen molar-refractivity contribution >= 4 is 77.4 Å². The summed E-state index contributed by atoms with van der Waals surface area (Å²) < 4.78 is 34.1. The molecule has 690 valence electrons. The highest BCUT2D eigenvalue weighted by Crippen LogP contribution is 2.51. The number of para-hydroxylation sites is 1. The van der Waals surface area contributed by atoms with E-state index in [1.807, 2.05) is 69.2 Å². The first-order chi connectivity index (χ1) is 66.5. The largest absolute Gasteiger partial charge is 0.361 e. The second-order valence-corrected chi connectivity index (χ2v) is 39.9. The molecule has 0 radical (unpaired) electrons. The highest BCUT2D eigenvalue weighted by molar-refractivity contribution is 6.28. The van der Waals surface area contributed by atoms with Crippen LogP contribution in [0.3, 0.4) is 0 Å². The molecule has 137 heavy (non-hydrogen) atoms. The molecule has 7 aliphatic carbocycles. The van der Waals surface area contributed by atoms with E-state index in [-0.39, 0.29) is 0 Å². The number of hydrogen-bond donors (Lipinski definition) is 5. The number of fused-ring (bicyclic) bond motifs is 7. The first-order valence-electron chi connectivity index (χ1n) is 49.1. The number of rotatable bonds is 16. The topological polar surface area (TPSA) is 301 Å². The van der Waals surface area contributed by atoms with Crippen LogP contribution in [-0.4, -0.2) is 102 Å². The Kier molecular flexibility index (Phi) is 20.9. The van der Waals surface area contributed by atoms with E-state index in [0.29, 0.717) is 35.5 Å². The van der Waals surface area contributed by atoms with E-state index in [1.165, 1.54) is 175 Å². The molecule has 14 heterocycles. The number of H-pyrrole nitrogens is 5. The summed E-state index contributed by atoms with van der Waals surface area (Å²) >= 11 is 0. The number of aryl methyl sites for hydroxylation is 15. The summed E-state index contributed by atoms with van der Waals surface area (Å²) in [5.41, 5.74) is 46.3. The van der Waals surface area contributed by atoms with Gasteiger partial charge in [-0.25, -0.2) is 24.9 Å². The van der Waals surface area contributed by atoms with Gasteiger partial charge in [0, 0.05) is 115 Å².